The summed E-state index contributed by atoms with van der Waals surface area (Å²) < 4.78 is 3.16. The van der Waals surface area contributed by atoms with Crippen molar-refractivity contribution in [2.75, 3.05) is 11.4 Å². The molecule has 0 saturated heterocycles. The number of hydrogen-bond donors (Lipinski definition) is 2. The van der Waals surface area contributed by atoms with Gasteiger partial charge in [0.05, 0.1) is 17.1 Å². The van der Waals surface area contributed by atoms with E-state index in [0.717, 1.165) is 52.4 Å². The van der Waals surface area contributed by atoms with Crippen LogP contribution in [0.25, 0.3) is 37.8 Å². The predicted molar refractivity (Wildman–Crippen MR) is 181 cm³/mol. The lowest BCUT2D eigenvalue weighted by atomic mass is 10.1. The van der Waals surface area contributed by atoms with Crippen molar-refractivity contribution in [3.63, 3.8) is 0 Å². The Labute approximate surface area is 267 Å². The molecule has 0 fully saturated rings. The predicted octanol–water partition coefficient (Wildman–Crippen LogP) is 8.59. The second-order valence-corrected chi connectivity index (χ2v) is 12.7. The number of hydrogen-bond acceptors (Lipinski definition) is 5. The Balaban J connectivity index is 1.25. The summed E-state index contributed by atoms with van der Waals surface area (Å²) in [6, 6.07) is 24.6. The Morgan fingerprint density at radius 1 is 0.864 bits per heavy atom. The Morgan fingerprint density at radius 3 is 2.34 bits per heavy atom. The molecule has 0 saturated carbocycles. The van der Waals surface area contributed by atoms with Crippen molar-refractivity contribution in [3.8, 4) is 0 Å². The number of halogens is 1. The van der Waals surface area contributed by atoms with E-state index in [-0.39, 0.29) is 12.8 Å². The fourth-order valence-electron chi connectivity index (χ4n) is 5.28. The van der Waals surface area contributed by atoms with Gasteiger partial charge in [-0.3, -0.25) is 9.59 Å². The largest absolute Gasteiger partial charge is 0.481 e. The fourth-order valence-corrected chi connectivity index (χ4v) is 7.90. The van der Waals surface area contributed by atoms with Crippen molar-refractivity contribution in [1.82, 2.24) is 0 Å². The molecular weight excluding hydrogens is 612 g/mol. The van der Waals surface area contributed by atoms with Crippen LogP contribution in [-0.2, 0) is 16.1 Å². The van der Waals surface area contributed by atoms with E-state index in [1.165, 1.54) is 0 Å². The lowest BCUT2D eigenvalue weighted by Crippen LogP contribution is -2.36. The van der Waals surface area contributed by atoms with E-state index >= 15 is 0 Å². The number of nitrogens with zero attached hydrogens (tertiary/aromatic N) is 2. The zero-order chi connectivity index (χ0) is 30.6. The summed E-state index contributed by atoms with van der Waals surface area (Å²) in [7, 11) is 0. The van der Waals surface area contributed by atoms with Crippen LogP contribution in [0.3, 0.4) is 0 Å². The highest BCUT2D eigenvalue weighted by Gasteiger charge is 2.27. The van der Waals surface area contributed by atoms with Gasteiger partial charge < -0.3 is 15.1 Å². The van der Waals surface area contributed by atoms with Crippen molar-refractivity contribution < 1.29 is 24.4 Å². The SMILES string of the molecule is O=C(O)CCN1C(=CC=CC(Cl)=CC=Cc2sc3c4ccccc4ccc3[n+]2CCC(=O)O)Sc2c1ccc1ccccc21. The second kappa shape index (κ2) is 13.1. The number of thiazole rings is 1. The van der Waals surface area contributed by atoms with Crippen LogP contribution >= 0.6 is 34.7 Å². The van der Waals surface area contributed by atoms with Gasteiger partial charge in [-0.15, -0.1) is 0 Å². The van der Waals surface area contributed by atoms with Gasteiger partial charge in [-0.2, -0.15) is 4.57 Å². The van der Waals surface area contributed by atoms with Gasteiger partial charge in [-0.1, -0.05) is 101 Å². The number of aliphatic carboxylic acids is 2. The van der Waals surface area contributed by atoms with Gasteiger partial charge in [0.1, 0.15) is 11.1 Å². The molecule has 1 aliphatic heterocycles. The summed E-state index contributed by atoms with van der Waals surface area (Å²) in [6.07, 6.45) is 11.3. The molecule has 6 nitrogen and oxygen atoms in total. The third-order valence-electron chi connectivity index (χ3n) is 7.33. The number of carboxylic acid groups (broad SMARTS) is 2. The smallest absolute Gasteiger partial charge is 0.309 e. The fraction of sp³-hybridized carbons (Fsp3) is 0.114. The number of thioether (sulfide) groups is 1. The Bertz CT molecular complexity index is 2040. The average molecular weight is 640 g/mol. The average Bonchev–Trinajstić information content (AvgIpc) is 3.56. The van der Waals surface area contributed by atoms with E-state index < -0.39 is 11.9 Å². The zero-order valence-electron chi connectivity index (χ0n) is 23.5. The van der Waals surface area contributed by atoms with Gasteiger partial charge in [0, 0.05) is 34.0 Å². The standard InChI is InChI=1S/C35H27ClN2O4S2/c36-25(9-5-13-30-37(21-19-32(39)40)28-17-15-23-7-1-3-11-26(23)34(28)43-30)10-6-14-31-38(22-20-33(41)42)29-18-16-24-8-2-4-12-27(24)35(29)44-31/h1-18H,19-22H2,(H-,39,40,41,42)/p+1. The topological polar surface area (TPSA) is 81.7 Å². The van der Waals surface area contributed by atoms with E-state index in [1.54, 1.807) is 35.3 Å². The lowest BCUT2D eigenvalue weighted by Gasteiger charge is -2.19. The van der Waals surface area contributed by atoms with Crippen LogP contribution < -0.4 is 9.47 Å². The van der Waals surface area contributed by atoms with Gasteiger partial charge >= 0.3 is 11.9 Å². The van der Waals surface area contributed by atoms with Crippen LogP contribution in [0.15, 0.2) is 118 Å². The lowest BCUT2D eigenvalue weighted by molar-refractivity contribution is -0.667. The number of fused-ring (bicyclic) bond motifs is 6. The molecule has 2 N–H and O–H groups in total. The number of aryl methyl sites for hydroxylation is 1. The second-order valence-electron chi connectivity index (χ2n) is 10.2. The molecule has 0 bridgehead atoms. The van der Waals surface area contributed by atoms with Crippen LogP contribution in [-0.4, -0.2) is 28.7 Å². The molecule has 0 spiro atoms. The van der Waals surface area contributed by atoms with Crippen molar-refractivity contribution in [3.05, 3.63) is 118 Å². The molecule has 0 aliphatic carbocycles. The first-order valence-electron chi connectivity index (χ1n) is 14.1. The van der Waals surface area contributed by atoms with Crippen molar-refractivity contribution in [2.24, 2.45) is 0 Å². The summed E-state index contributed by atoms with van der Waals surface area (Å²) >= 11 is 9.81. The van der Waals surface area contributed by atoms with E-state index in [9.17, 15) is 19.8 Å². The number of rotatable bonds is 10. The summed E-state index contributed by atoms with van der Waals surface area (Å²) in [5.41, 5.74) is 2.01. The zero-order valence-corrected chi connectivity index (χ0v) is 25.9. The maximum atomic E-state index is 11.4. The molecule has 0 unspecified atom stereocenters. The molecule has 0 atom stereocenters. The Kier molecular flexibility index (Phi) is 8.84. The van der Waals surface area contributed by atoms with Crippen molar-refractivity contribution in [1.29, 1.82) is 0 Å². The van der Waals surface area contributed by atoms with Crippen LogP contribution in [0.2, 0.25) is 0 Å². The van der Waals surface area contributed by atoms with Crippen LogP contribution in [0.4, 0.5) is 5.69 Å². The minimum atomic E-state index is -0.840. The molecule has 44 heavy (non-hydrogen) atoms. The van der Waals surface area contributed by atoms with Crippen LogP contribution in [0.1, 0.15) is 17.8 Å². The molecule has 4 aromatic carbocycles. The summed E-state index contributed by atoms with van der Waals surface area (Å²) in [4.78, 5) is 25.9. The summed E-state index contributed by atoms with van der Waals surface area (Å²) in [5, 5.41) is 25.6. The van der Waals surface area contributed by atoms with Crippen LogP contribution in [0, 0.1) is 0 Å². The molecular formula is C35H28ClN2O4S2+. The summed E-state index contributed by atoms with van der Waals surface area (Å²) in [5.74, 6) is -1.68. The third-order valence-corrected chi connectivity index (χ3v) is 9.98. The van der Waals surface area contributed by atoms with Gasteiger partial charge in [0.25, 0.3) is 5.01 Å². The van der Waals surface area contributed by atoms with Gasteiger partial charge in [-0.25, -0.2) is 0 Å². The van der Waals surface area contributed by atoms with Crippen molar-refractivity contribution >= 4 is 90.2 Å². The maximum absolute atomic E-state index is 11.4. The molecule has 9 heteroatoms. The van der Waals surface area contributed by atoms with E-state index in [1.807, 2.05) is 70.2 Å². The molecule has 220 valence electrons. The number of carbonyl (C=O) groups is 2. The molecule has 1 aromatic heterocycles. The summed E-state index contributed by atoms with van der Waals surface area (Å²) in [6.45, 7) is 0.734. The quantitative estimate of drug-likeness (QED) is 0.118. The van der Waals surface area contributed by atoms with Crippen molar-refractivity contribution in [2.45, 2.75) is 24.3 Å². The molecule has 2 heterocycles. The number of benzene rings is 4. The highest BCUT2D eigenvalue weighted by molar-refractivity contribution is 8.04. The molecule has 0 radical (unpaired) electrons. The molecule has 1 aliphatic rings. The number of carboxylic acids is 2. The monoisotopic (exact) mass is 639 g/mol. The number of allylic oxidation sites excluding steroid dienone is 6. The number of anilines is 1. The van der Waals surface area contributed by atoms with E-state index in [0.29, 0.717) is 18.1 Å². The highest BCUT2D eigenvalue weighted by Crippen LogP contribution is 2.49. The maximum Gasteiger partial charge on any atom is 0.309 e. The first-order chi connectivity index (χ1) is 21.4. The first kappa shape index (κ1) is 29.7. The third kappa shape index (κ3) is 6.28. The molecule has 6 rings (SSSR count). The van der Waals surface area contributed by atoms with Crippen LogP contribution in [0.5, 0.6) is 0 Å². The van der Waals surface area contributed by atoms with Gasteiger partial charge in [0.2, 0.25) is 5.52 Å². The normalized spacial score (nSPS) is 14.6. The highest BCUT2D eigenvalue weighted by atomic mass is 35.5. The minimum absolute atomic E-state index is 0.0271. The van der Waals surface area contributed by atoms with Gasteiger partial charge in [-0.05, 0) is 46.5 Å². The minimum Gasteiger partial charge on any atom is -0.481 e. The molecule has 5 aromatic rings. The first-order valence-corrected chi connectivity index (χ1v) is 16.1. The van der Waals surface area contributed by atoms with Gasteiger partial charge in [0.15, 0.2) is 6.54 Å². The molecule has 0 amide bonds. The Hall–Kier alpha value is -4.37. The van der Waals surface area contributed by atoms with E-state index in [4.69, 9.17) is 11.6 Å². The Morgan fingerprint density at radius 2 is 1.57 bits per heavy atom. The van der Waals surface area contributed by atoms with E-state index in [2.05, 4.69) is 36.4 Å². The number of aromatic nitrogens is 1.